The molecule has 0 atom stereocenters. The van der Waals surface area contributed by atoms with E-state index in [0.717, 1.165) is 32.4 Å². The molecule has 0 saturated carbocycles. The molecular weight excluding hydrogens is 248 g/mol. The smallest absolute Gasteiger partial charge is 0.244 e. The molecule has 0 spiro atoms. The number of likely N-dealkylation sites (tertiary alicyclic amines) is 1. The van der Waals surface area contributed by atoms with Gasteiger partial charge in [0.15, 0.2) is 0 Å². The zero-order valence-electron chi connectivity index (χ0n) is 10.9. The normalized spacial score (nSPS) is 16.8. The second kappa shape index (κ2) is 7.15. The van der Waals surface area contributed by atoms with Crippen molar-refractivity contribution in [3.8, 4) is 0 Å². The lowest BCUT2D eigenvalue weighted by Crippen LogP contribution is -2.42. The maximum Gasteiger partial charge on any atom is 0.244 e. The molecule has 0 aliphatic carbocycles. The third-order valence-corrected chi connectivity index (χ3v) is 3.19. The number of hydrogen-bond donors (Lipinski definition) is 1. The largest absolute Gasteiger partial charge is 0.378 e. The number of ether oxygens (including phenoxy) is 1. The molecule has 0 radical (unpaired) electrons. The Balaban J connectivity index is 1.69. The lowest BCUT2D eigenvalue weighted by molar-refractivity contribution is -0.134. The van der Waals surface area contributed by atoms with Gasteiger partial charge in [-0.25, -0.2) is 4.68 Å². The first-order valence-electron chi connectivity index (χ1n) is 6.60. The summed E-state index contributed by atoms with van der Waals surface area (Å²) in [5.74, 6) is 0.0488. The van der Waals surface area contributed by atoms with Gasteiger partial charge < -0.3 is 15.4 Å². The number of nitrogens with two attached hydrogens (primary N) is 1. The van der Waals surface area contributed by atoms with Crippen LogP contribution in [0.2, 0.25) is 0 Å². The van der Waals surface area contributed by atoms with E-state index in [0.29, 0.717) is 13.2 Å². The number of carbonyl (C=O) groups excluding carboxylic acids is 1. The quantitative estimate of drug-likeness (QED) is 0.666. The fourth-order valence-electron chi connectivity index (χ4n) is 2.10. The third-order valence-electron chi connectivity index (χ3n) is 3.19. The molecule has 1 saturated heterocycles. The van der Waals surface area contributed by atoms with Gasteiger partial charge in [-0.2, -0.15) is 0 Å². The number of amides is 1. The summed E-state index contributed by atoms with van der Waals surface area (Å²) in [6.07, 6.45) is 4.35. The van der Waals surface area contributed by atoms with Crippen LogP contribution in [0.4, 0.5) is 0 Å². The Morgan fingerprint density at radius 2 is 2.21 bits per heavy atom. The van der Waals surface area contributed by atoms with E-state index in [9.17, 15) is 4.79 Å². The first kappa shape index (κ1) is 13.9. The Kier molecular flexibility index (Phi) is 5.22. The molecule has 106 valence electrons. The maximum absolute atomic E-state index is 12.0. The van der Waals surface area contributed by atoms with Crippen LogP contribution in [-0.4, -0.2) is 63.4 Å². The minimum absolute atomic E-state index is 0.0488. The highest BCUT2D eigenvalue weighted by Crippen LogP contribution is 2.14. The van der Waals surface area contributed by atoms with Gasteiger partial charge in [0.2, 0.25) is 5.91 Å². The molecule has 1 amide bonds. The Hall–Kier alpha value is -1.54. The van der Waals surface area contributed by atoms with Crippen molar-refractivity contribution in [3.63, 3.8) is 0 Å². The molecule has 1 aromatic heterocycles. The maximum atomic E-state index is 12.0. The van der Waals surface area contributed by atoms with Gasteiger partial charge in [-0.1, -0.05) is 0 Å². The molecule has 0 aromatic carbocycles. The average Bonchev–Trinajstić information content (AvgIpc) is 2.93. The van der Waals surface area contributed by atoms with Crippen LogP contribution in [0.1, 0.15) is 19.3 Å². The minimum atomic E-state index is 0.0488. The zero-order chi connectivity index (χ0) is 13.5. The topological polar surface area (TPSA) is 99.2 Å². The summed E-state index contributed by atoms with van der Waals surface area (Å²) in [6.45, 7) is 3.03. The summed E-state index contributed by atoms with van der Waals surface area (Å²) in [4.78, 5) is 13.8. The van der Waals surface area contributed by atoms with Crippen molar-refractivity contribution in [3.05, 3.63) is 6.33 Å². The summed E-state index contributed by atoms with van der Waals surface area (Å²) in [5.41, 5.74) is 5.42. The van der Waals surface area contributed by atoms with Crippen LogP contribution < -0.4 is 5.73 Å². The second-order valence-corrected chi connectivity index (χ2v) is 4.60. The summed E-state index contributed by atoms with van der Waals surface area (Å²) in [6, 6.07) is 0. The number of piperidine rings is 1. The molecule has 1 fully saturated rings. The number of nitrogens with zero attached hydrogens (tertiary/aromatic N) is 5. The Bertz CT molecular complexity index is 375. The van der Waals surface area contributed by atoms with Gasteiger partial charge in [0.25, 0.3) is 0 Å². The van der Waals surface area contributed by atoms with Crippen LogP contribution in [0.5, 0.6) is 0 Å². The van der Waals surface area contributed by atoms with Crippen LogP contribution in [0.25, 0.3) is 0 Å². The van der Waals surface area contributed by atoms with E-state index < -0.39 is 0 Å². The van der Waals surface area contributed by atoms with E-state index >= 15 is 0 Å². The molecule has 2 N–H and O–H groups in total. The number of hydrogen-bond acceptors (Lipinski definition) is 6. The molecule has 2 heterocycles. The molecule has 8 nitrogen and oxygen atoms in total. The highest BCUT2D eigenvalue weighted by molar-refractivity contribution is 5.75. The minimum Gasteiger partial charge on any atom is -0.378 e. The highest BCUT2D eigenvalue weighted by atomic mass is 16.5. The molecule has 1 aliphatic heterocycles. The molecule has 0 unspecified atom stereocenters. The lowest BCUT2D eigenvalue weighted by Gasteiger charge is -2.31. The van der Waals surface area contributed by atoms with Gasteiger partial charge in [-0.3, -0.25) is 4.79 Å². The first-order chi connectivity index (χ1) is 9.29. The van der Waals surface area contributed by atoms with Crippen molar-refractivity contribution in [2.45, 2.75) is 31.9 Å². The van der Waals surface area contributed by atoms with E-state index in [4.69, 9.17) is 10.5 Å². The van der Waals surface area contributed by atoms with Crippen molar-refractivity contribution in [2.24, 2.45) is 5.73 Å². The lowest BCUT2D eigenvalue weighted by atomic mass is 10.1. The number of tetrazole rings is 1. The number of aromatic nitrogens is 4. The first-order valence-corrected chi connectivity index (χ1v) is 6.60. The molecular formula is C11H20N6O2. The van der Waals surface area contributed by atoms with Crippen LogP contribution >= 0.6 is 0 Å². The Labute approximate surface area is 111 Å². The Morgan fingerprint density at radius 3 is 2.84 bits per heavy atom. The fourth-order valence-corrected chi connectivity index (χ4v) is 2.10. The molecule has 1 aliphatic rings. The van der Waals surface area contributed by atoms with Gasteiger partial charge in [0, 0.05) is 19.7 Å². The van der Waals surface area contributed by atoms with E-state index in [1.807, 2.05) is 4.90 Å². The molecule has 8 heteroatoms. The van der Waals surface area contributed by atoms with Crippen LogP contribution in [0.3, 0.4) is 0 Å². The van der Waals surface area contributed by atoms with Gasteiger partial charge >= 0.3 is 0 Å². The van der Waals surface area contributed by atoms with Crippen LogP contribution in [0.15, 0.2) is 6.33 Å². The predicted octanol–water partition coefficient (Wildman–Crippen LogP) is -0.970. The van der Waals surface area contributed by atoms with Crippen LogP contribution in [0, 0.1) is 0 Å². The monoisotopic (exact) mass is 268 g/mol. The summed E-state index contributed by atoms with van der Waals surface area (Å²) < 4.78 is 7.14. The van der Waals surface area contributed by atoms with Gasteiger partial charge in [0.1, 0.15) is 12.9 Å². The third kappa shape index (κ3) is 4.25. The van der Waals surface area contributed by atoms with Gasteiger partial charge in [0.05, 0.1) is 6.10 Å². The molecule has 2 rings (SSSR count). The van der Waals surface area contributed by atoms with E-state index in [-0.39, 0.29) is 18.6 Å². The van der Waals surface area contributed by atoms with Crippen molar-refractivity contribution >= 4 is 5.91 Å². The van der Waals surface area contributed by atoms with Gasteiger partial charge in [-0.15, -0.1) is 5.10 Å². The van der Waals surface area contributed by atoms with Gasteiger partial charge in [-0.05, 0) is 36.2 Å². The van der Waals surface area contributed by atoms with E-state index in [1.165, 1.54) is 11.0 Å². The molecule has 19 heavy (non-hydrogen) atoms. The number of carbonyl (C=O) groups is 1. The second-order valence-electron chi connectivity index (χ2n) is 4.60. The van der Waals surface area contributed by atoms with E-state index in [1.54, 1.807) is 0 Å². The SMILES string of the molecule is NCCCOC1CCN(C(=O)Cn2cnnn2)CC1. The fraction of sp³-hybridized carbons (Fsp3) is 0.818. The highest BCUT2D eigenvalue weighted by Gasteiger charge is 2.23. The number of rotatable bonds is 6. The Morgan fingerprint density at radius 1 is 1.42 bits per heavy atom. The summed E-state index contributed by atoms with van der Waals surface area (Å²) >= 11 is 0. The van der Waals surface area contributed by atoms with E-state index in [2.05, 4.69) is 15.5 Å². The van der Waals surface area contributed by atoms with Crippen LogP contribution in [-0.2, 0) is 16.1 Å². The van der Waals surface area contributed by atoms with Crippen molar-refractivity contribution in [1.29, 1.82) is 0 Å². The van der Waals surface area contributed by atoms with Crippen molar-refractivity contribution in [1.82, 2.24) is 25.1 Å². The standard InChI is InChI=1S/C11H20N6O2/c12-4-1-7-19-10-2-5-16(6-3-10)11(18)8-17-9-13-14-15-17/h9-10H,1-8,12H2. The molecule has 0 bridgehead atoms. The average molecular weight is 268 g/mol. The predicted molar refractivity (Wildman–Crippen MR) is 67.0 cm³/mol. The zero-order valence-corrected chi connectivity index (χ0v) is 10.9. The summed E-state index contributed by atoms with van der Waals surface area (Å²) in [5, 5.41) is 10.7. The van der Waals surface area contributed by atoms with Crippen molar-refractivity contribution in [2.75, 3.05) is 26.2 Å². The van der Waals surface area contributed by atoms with Crippen molar-refractivity contribution < 1.29 is 9.53 Å². The molecule has 1 aromatic rings. The summed E-state index contributed by atoms with van der Waals surface area (Å²) in [7, 11) is 0.